The molecule has 0 fully saturated rings. The Balaban J connectivity index is 2.13. The van der Waals surface area contributed by atoms with Gasteiger partial charge in [0.1, 0.15) is 5.82 Å². The van der Waals surface area contributed by atoms with Crippen LogP contribution in [-0.2, 0) is 0 Å². The highest BCUT2D eigenvalue weighted by molar-refractivity contribution is 9.10. The molecule has 19 heavy (non-hydrogen) atoms. The lowest BCUT2D eigenvalue weighted by Gasteiger charge is -2.02. The van der Waals surface area contributed by atoms with Crippen LogP contribution in [0.3, 0.4) is 0 Å². The Kier molecular flexibility index (Phi) is 3.21. The van der Waals surface area contributed by atoms with Crippen LogP contribution >= 0.6 is 27.3 Å². The fraction of sp³-hybridized carbons (Fsp3) is 0. The summed E-state index contributed by atoms with van der Waals surface area (Å²) in [5, 5.41) is 2.66. The van der Waals surface area contributed by atoms with Crippen LogP contribution in [0.4, 0.5) is 4.39 Å². The topological polar surface area (TPSA) is 17.1 Å². The maximum absolute atomic E-state index is 13.8. The summed E-state index contributed by atoms with van der Waals surface area (Å²) in [7, 11) is 0. The number of carbonyl (C=O) groups is 1. The number of halogens is 2. The van der Waals surface area contributed by atoms with Crippen molar-refractivity contribution in [2.45, 2.75) is 0 Å². The van der Waals surface area contributed by atoms with Crippen molar-refractivity contribution >= 4 is 43.1 Å². The Morgan fingerprint density at radius 2 is 1.89 bits per heavy atom. The van der Waals surface area contributed by atoms with Crippen molar-refractivity contribution in [3.8, 4) is 0 Å². The smallest absolute Gasteiger partial charge is 0.197 e. The second-order valence-electron chi connectivity index (χ2n) is 4.10. The first-order valence-electron chi connectivity index (χ1n) is 5.63. The van der Waals surface area contributed by atoms with Crippen LogP contribution in [0.5, 0.6) is 0 Å². The Labute approximate surface area is 121 Å². The maximum atomic E-state index is 13.8. The van der Waals surface area contributed by atoms with Gasteiger partial charge in [0.15, 0.2) is 5.78 Å². The number of benzene rings is 2. The third kappa shape index (κ3) is 2.22. The molecule has 0 amide bonds. The largest absolute Gasteiger partial charge is 0.288 e. The van der Waals surface area contributed by atoms with Crippen LogP contribution in [0, 0.1) is 5.82 Å². The fourth-order valence-electron chi connectivity index (χ4n) is 1.97. The molecule has 0 unspecified atom stereocenters. The standard InChI is InChI=1S/C15H8BrFOS/c16-9-5-6-11(13(17)7-9)15(18)12-8-19-14-4-2-1-3-10(12)14/h1-8H. The van der Waals surface area contributed by atoms with E-state index in [1.54, 1.807) is 11.4 Å². The van der Waals surface area contributed by atoms with E-state index in [-0.39, 0.29) is 11.3 Å². The van der Waals surface area contributed by atoms with Crippen LogP contribution in [0.1, 0.15) is 15.9 Å². The summed E-state index contributed by atoms with van der Waals surface area (Å²) >= 11 is 4.68. The van der Waals surface area contributed by atoms with Crippen molar-refractivity contribution in [1.29, 1.82) is 0 Å². The zero-order valence-corrected chi connectivity index (χ0v) is 12.1. The molecule has 0 saturated carbocycles. The van der Waals surface area contributed by atoms with Crippen molar-refractivity contribution in [2.75, 3.05) is 0 Å². The molecule has 0 bridgehead atoms. The van der Waals surface area contributed by atoms with E-state index in [1.165, 1.54) is 23.5 Å². The van der Waals surface area contributed by atoms with Gasteiger partial charge in [-0.1, -0.05) is 34.1 Å². The molecule has 0 aliphatic rings. The molecule has 0 aliphatic carbocycles. The first-order valence-corrected chi connectivity index (χ1v) is 7.30. The zero-order valence-electron chi connectivity index (χ0n) is 9.69. The molecule has 0 atom stereocenters. The molecule has 0 saturated heterocycles. The molecule has 0 N–H and O–H groups in total. The molecular weight excluding hydrogens is 327 g/mol. The molecule has 1 aromatic heterocycles. The van der Waals surface area contributed by atoms with Gasteiger partial charge in [0, 0.05) is 25.5 Å². The summed E-state index contributed by atoms with van der Waals surface area (Å²) in [5.74, 6) is -0.780. The molecule has 0 radical (unpaired) electrons. The van der Waals surface area contributed by atoms with Crippen LogP contribution in [0.2, 0.25) is 0 Å². The highest BCUT2D eigenvalue weighted by Gasteiger charge is 2.17. The number of carbonyl (C=O) groups excluding carboxylic acids is 1. The monoisotopic (exact) mass is 334 g/mol. The number of hydrogen-bond acceptors (Lipinski definition) is 2. The molecule has 3 aromatic rings. The fourth-order valence-corrected chi connectivity index (χ4v) is 3.25. The number of hydrogen-bond donors (Lipinski definition) is 0. The summed E-state index contributed by atoms with van der Waals surface area (Å²) in [6.45, 7) is 0. The van der Waals surface area contributed by atoms with Crippen molar-refractivity contribution < 1.29 is 9.18 Å². The van der Waals surface area contributed by atoms with E-state index in [0.29, 0.717) is 10.0 Å². The Morgan fingerprint density at radius 1 is 1.11 bits per heavy atom. The summed E-state index contributed by atoms with van der Waals surface area (Å²) in [6, 6.07) is 12.1. The number of rotatable bonds is 2. The summed E-state index contributed by atoms with van der Waals surface area (Å²) in [5.41, 5.74) is 0.661. The van der Waals surface area contributed by atoms with Crippen LogP contribution in [0.25, 0.3) is 10.1 Å². The van der Waals surface area contributed by atoms with Crippen LogP contribution in [0.15, 0.2) is 52.3 Å². The van der Waals surface area contributed by atoms with Gasteiger partial charge >= 0.3 is 0 Å². The van der Waals surface area contributed by atoms with Gasteiger partial charge in [-0.25, -0.2) is 4.39 Å². The average molecular weight is 335 g/mol. The minimum absolute atomic E-state index is 0.103. The van der Waals surface area contributed by atoms with E-state index in [0.717, 1.165) is 10.1 Å². The second kappa shape index (κ2) is 4.87. The summed E-state index contributed by atoms with van der Waals surface area (Å²) < 4.78 is 15.5. The van der Waals surface area contributed by atoms with E-state index in [1.807, 2.05) is 24.3 Å². The molecule has 94 valence electrons. The van der Waals surface area contributed by atoms with Gasteiger partial charge in [0.05, 0.1) is 5.56 Å². The van der Waals surface area contributed by atoms with Gasteiger partial charge in [-0.3, -0.25) is 4.79 Å². The predicted octanol–water partition coefficient (Wildman–Crippen LogP) is 5.03. The van der Waals surface area contributed by atoms with E-state index < -0.39 is 5.82 Å². The van der Waals surface area contributed by atoms with Crippen molar-refractivity contribution in [3.05, 3.63) is 69.3 Å². The van der Waals surface area contributed by atoms with Gasteiger partial charge < -0.3 is 0 Å². The van der Waals surface area contributed by atoms with E-state index in [4.69, 9.17) is 0 Å². The Morgan fingerprint density at radius 3 is 2.68 bits per heavy atom. The van der Waals surface area contributed by atoms with E-state index in [9.17, 15) is 9.18 Å². The molecular formula is C15H8BrFOS. The quantitative estimate of drug-likeness (QED) is 0.600. The number of ketones is 1. The van der Waals surface area contributed by atoms with Crippen molar-refractivity contribution in [1.82, 2.24) is 0 Å². The van der Waals surface area contributed by atoms with Crippen molar-refractivity contribution in [3.63, 3.8) is 0 Å². The van der Waals surface area contributed by atoms with Crippen LogP contribution in [-0.4, -0.2) is 5.78 Å². The minimum Gasteiger partial charge on any atom is -0.288 e. The van der Waals surface area contributed by atoms with E-state index in [2.05, 4.69) is 15.9 Å². The third-order valence-electron chi connectivity index (χ3n) is 2.90. The Bertz CT molecular complexity index is 779. The van der Waals surface area contributed by atoms with Gasteiger partial charge in [0.2, 0.25) is 0 Å². The molecule has 1 heterocycles. The highest BCUT2D eigenvalue weighted by Crippen LogP contribution is 2.28. The lowest BCUT2D eigenvalue weighted by atomic mass is 10.0. The second-order valence-corrected chi connectivity index (χ2v) is 5.93. The normalized spacial score (nSPS) is 10.8. The predicted molar refractivity (Wildman–Crippen MR) is 79.4 cm³/mol. The average Bonchev–Trinajstić information content (AvgIpc) is 2.82. The van der Waals surface area contributed by atoms with Gasteiger partial charge in [-0.05, 0) is 24.3 Å². The minimum atomic E-state index is -0.505. The molecule has 2 aromatic carbocycles. The molecule has 1 nitrogen and oxygen atoms in total. The highest BCUT2D eigenvalue weighted by atomic mass is 79.9. The number of fused-ring (bicyclic) bond motifs is 1. The first-order chi connectivity index (χ1) is 9.16. The van der Waals surface area contributed by atoms with Gasteiger partial charge in [-0.15, -0.1) is 11.3 Å². The van der Waals surface area contributed by atoms with Gasteiger partial charge in [-0.2, -0.15) is 0 Å². The lowest BCUT2D eigenvalue weighted by Crippen LogP contribution is -2.03. The Hall–Kier alpha value is -1.52. The molecule has 3 rings (SSSR count). The summed E-state index contributed by atoms with van der Waals surface area (Å²) in [4.78, 5) is 12.4. The third-order valence-corrected chi connectivity index (χ3v) is 4.36. The number of thiophene rings is 1. The molecule has 0 spiro atoms. The zero-order chi connectivity index (χ0) is 13.4. The molecule has 4 heteroatoms. The lowest BCUT2D eigenvalue weighted by molar-refractivity contribution is 0.103. The molecule has 0 aliphatic heterocycles. The van der Waals surface area contributed by atoms with Crippen LogP contribution < -0.4 is 0 Å². The SMILES string of the molecule is O=C(c1ccc(Br)cc1F)c1csc2ccccc12. The van der Waals surface area contributed by atoms with Gasteiger partial charge in [0.25, 0.3) is 0 Å². The maximum Gasteiger partial charge on any atom is 0.197 e. The van der Waals surface area contributed by atoms with E-state index >= 15 is 0 Å². The first kappa shape index (κ1) is 12.5. The summed E-state index contributed by atoms with van der Waals surface area (Å²) in [6.07, 6.45) is 0. The van der Waals surface area contributed by atoms with Crippen molar-refractivity contribution in [2.24, 2.45) is 0 Å².